The number of nitrogens with one attached hydrogen (secondary N) is 2. The number of nitrogens with zero attached hydrogens (tertiary/aromatic N) is 1. The summed E-state index contributed by atoms with van der Waals surface area (Å²) in [7, 11) is 0. The number of anilines is 1. The summed E-state index contributed by atoms with van der Waals surface area (Å²) in [5.74, 6) is 0.371. The highest BCUT2D eigenvalue weighted by Crippen LogP contribution is 2.29. The highest BCUT2D eigenvalue weighted by atomic mass is 35.5. The molecule has 2 aromatic carbocycles. The van der Waals surface area contributed by atoms with Gasteiger partial charge in [0, 0.05) is 23.8 Å². The summed E-state index contributed by atoms with van der Waals surface area (Å²) in [4.78, 5) is 14.4. The first-order chi connectivity index (χ1) is 13.8. The van der Waals surface area contributed by atoms with Crippen molar-refractivity contribution in [3.8, 4) is 0 Å². The number of urea groups is 1. The van der Waals surface area contributed by atoms with Gasteiger partial charge in [0.2, 0.25) is 0 Å². The smallest absolute Gasteiger partial charge is 0.338 e. The summed E-state index contributed by atoms with van der Waals surface area (Å²) in [6.07, 6.45) is -2.46. The predicted octanol–water partition coefficient (Wildman–Crippen LogP) is 5.39. The lowest BCUT2D eigenvalue weighted by Crippen LogP contribution is -2.39. The monoisotopic (exact) mass is 425 g/mol. The molecule has 0 atom stereocenters. The van der Waals surface area contributed by atoms with Gasteiger partial charge in [0.05, 0.1) is 5.56 Å². The van der Waals surface area contributed by atoms with Crippen LogP contribution in [0.1, 0.15) is 24.0 Å². The van der Waals surface area contributed by atoms with E-state index in [1.807, 2.05) is 24.3 Å². The minimum absolute atomic E-state index is 0.324. The Bertz CT molecular complexity index is 819. The Labute approximate surface area is 173 Å². The average Bonchev–Trinajstić information content (AvgIpc) is 2.69. The Morgan fingerprint density at radius 1 is 1.07 bits per heavy atom. The molecular weight excluding hydrogens is 403 g/mol. The molecule has 2 aromatic rings. The van der Waals surface area contributed by atoms with E-state index in [0.717, 1.165) is 55.2 Å². The topological polar surface area (TPSA) is 44.4 Å². The van der Waals surface area contributed by atoms with E-state index in [1.54, 1.807) is 0 Å². The molecule has 1 fully saturated rings. The van der Waals surface area contributed by atoms with Crippen LogP contribution in [0.4, 0.5) is 23.7 Å². The van der Waals surface area contributed by atoms with Gasteiger partial charge in [-0.05, 0) is 67.7 Å². The van der Waals surface area contributed by atoms with E-state index in [4.69, 9.17) is 11.6 Å². The van der Waals surface area contributed by atoms with Crippen molar-refractivity contribution in [2.75, 3.05) is 25.0 Å². The predicted molar refractivity (Wildman–Crippen MR) is 108 cm³/mol. The second-order valence-corrected chi connectivity index (χ2v) is 7.63. The van der Waals surface area contributed by atoms with E-state index in [-0.39, 0.29) is 0 Å². The first kappa shape index (κ1) is 21.5. The molecule has 0 aromatic heterocycles. The van der Waals surface area contributed by atoms with Gasteiger partial charge in [-0.15, -0.1) is 0 Å². The van der Waals surface area contributed by atoms with Gasteiger partial charge in [0.15, 0.2) is 0 Å². The Morgan fingerprint density at radius 3 is 2.34 bits per heavy atom. The van der Waals surface area contributed by atoms with Crippen LogP contribution >= 0.6 is 11.6 Å². The van der Waals surface area contributed by atoms with Gasteiger partial charge in [-0.1, -0.05) is 29.8 Å². The third kappa shape index (κ3) is 6.37. The normalized spacial score (nSPS) is 15.9. The van der Waals surface area contributed by atoms with Gasteiger partial charge in [0.25, 0.3) is 0 Å². The molecule has 29 heavy (non-hydrogen) atoms. The van der Waals surface area contributed by atoms with Crippen LogP contribution in [-0.2, 0) is 12.7 Å². The van der Waals surface area contributed by atoms with Crippen LogP contribution < -0.4 is 10.6 Å². The number of piperidine rings is 1. The standard InChI is InChI=1S/C21H23ClF3N3O/c22-19-4-2-1-3-16(19)14-28-11-9-15(10-12-28)13-26-20(29)27-18-7-5-17(6-8-18)21(23,24)25/h1-8,15H,9-14H2,(H2,26,27,29). The van der Waals surface area contributed by atoms with E-state index in [2.05, 4.69) is 15.5 Å². The zero-order chi connectivity index (χ0) is 20.9. The fourth-order valence-electron chi connectivity index (χ4n) is 3.37. The number of hydrogen-bond donors (Lipinski definition) is 2. The van der Waals surface area contributed by atoms with Crippen LogP contribution in [0, 0.1) is 5.92 Å². The van der Waals surface area contributed by atoms with E-state index in [1.165, 1.54) is 12.1 Å². The zero-order valence-electron chi connectivity index (χ0n) is 15.8. The van der Waals surface area contributed by atoms with E-state index in [0.29, 0.717) is 18.2 Å². The number of likely N-dealkylation sites (tertiary alicyclic amines) is 1. The first-order valence-electron chi connectivity index (χ1n) is 9.49. The molecule has 0 spiro atoms. The van der Waals surface area contributed by atoms with Crippen LogP contribution in [0.2, 0.25) is 5.02 Å². The van der Waals surface area contributed by atoms with Crippen molar-refractivity contribution in [2.45, 2.75) is 25.6 Å². The van der Waals surface area contributed by atoms with Crippen molar-refractivity contribution < 1.29 is 18.0 Å². The van der Waals surface area contributed by atoms with E-state index in [9.17, 15) is 18.0 Å². The molecule has 1 heterocycles. The minimum Gasteiger partial charge on any atom is -0.338 e. The maximum Gasteiger partial charge on any atom is 0.416 e. The second kappa shape index (κ2) is 9.50. The molecule has 1 aliphatic heterocycles. The summed E-state index contributed by atoms with van der Waals surface area (Å²) < 4.78 is 37.7. The number of benzene rings is 2. The molecule has 4 nitrogen and oxygen atoms in total. The first-order valence-corrected chi connectivity index (χ1v) is 9.87. The lowest BCUT2D eigenvalue weighted by molar-refractivity contribution is -0.137. The molecule has 0 radical (unpaired) electrons. The van der Waals surface area contributed by atoms with Crippen molar-refractivity contribution >= 4 is 23.3 Å². The molecule has 1 saturated heterocycles. The Hall–Kier alpha value is -2.25. The number of alkyl halides is 3. The number of carbonyl (C=O) groups excluding carboxylic acids is 1. The lowest BCUT2D eigenvalue weighted by Gasteiger charge is -2.32. The van der Waals surface area contributed by atoms with Gasteiger partial charge in [-0.25, -0.2) is 4.79 Å². The van der Waals surface area contributed by atoms with Crippen molar-refractivity contribution in [1.82, 2.24) is 10.2 Å². The second-order valence-electron chi connectivity index (χ2n) is 7.22. The Kier molecular flexibility index (Phi) is 7.03. The zero-order valence-corrected chi connectivity index (χ0v) is 16.6. The number of hydrogen-bond acceptors (Lipinski definition) is 2. The van der Waals surface area contributed by atoms with Gasteiger partial charge in [-0.2, -0.15) is 13.2 Å². The number of halogens is 4. The molecule has 156 valence electrons. The highest BCUT2D eigenvalue weighted by Gasteiger charge is 2.30. The maximum atomic E-state index is 12.6. The molecule has 2 N–H and O–H groups in total. The molecule has 2 amide bonds. The molecule has 0 unspecified atom stereocenters. The third-order valence-corrected chi connectivity index (χ3v) is 5.45. The van der Waals surface area contributed by atoms with Gasteiger partial charge < -0.3 is 10.6 Å². The van der Waals surface area contributed by atoms with Crippen LogP contribution in [0.15, 0.2) is 48.5 Å². The fourth-order valence-corrected chi connectivity index (χ4v) is 3.57. The largest absolute Gasteiger partial charge is 0.416 e. The molecular formula is C21H23ClF3N3O. The van der Waals surface area contributed by atoms with Crippen LogP contribution in [-0.4, -0.2) is 30.6 Å². The summed E-state index contributed by atoms with van der Waals surface area (Å²) in [5.41, 5.74) is 0.693. The maximum absolute atomic E-state index is 12.6. The SMILES string of the molecule is O=C(NCC1CCN(Cc2ccccc2Cl)CC1)Nc1ccc(C(F)(F)F)cc1. The molecule has 8 heteroatoms. The summed E-state index contributed by atoms with van der Waals surface area (Å²) >= 11 is 6.22. The Morgan fingerprint density at radius 2 is 1.72 bits per heavy atom. The van der Waals surface area contributed by atoms with E-state index < -0.39 is 17.8 Å². The van der Waals surface area contributed by atoms with Gasteiger partial charge in [0.1, 0.15) is 0 Å². The number of amides is 2. The molecule has 3 rings (SSSR count). The Balaban J connectivity index is 1.39. The number of carbonyl (C=O) groups is 1. The summed E-state index contributed by atoms with van der Waals surface area (Å²) in [5, 5.41) is 6.15. The average molecular weight is 426 g/mol. The van der Waals surface area contributed by atoms with Crippen molar-refractivity contribution in [3.63, 3.8) is 0 Å². The summed E-state index contributed by atoms with van der Waals surface area (Å²) in [6, 6.07) is 11.8. The van der Waals surface area contributed by atoms with Crippen LogP contribution in [0.3, 0.4) is 0 Å². The van der Waals surface area contributed by atoms with Gasteiger partial charge in [-0.3, -0.25) is 4.90 Å². The minimum atomic E-state index is -4.39. The molecule has 0 aliphatic carbocycles. The van der Waals surface area contributed by atoms with Crippen molar-refractivity contribution in [2.24, 2.45) is 5.92 Å². The number of rotatable bonds is 5. The van der Waals surface area contributed by atoms with E-state index >= 15 is 0 Å². The van der Waals surface area contributed by atoms with Crippen molar-refractivity contribution in [3.05, 3.63) is 64.7 Å². The molecule has 0 bridgehead atoms. The molecule has 0 saturated carbocycles. The highest BCUT2D eigenvalue weighted by molar-refractivity contribution is 6.31. The van der Waals surface area contributed by atoms with Crippen LogP contribution in [0.5, 0.6) is 0 Å². The van der Waals surface area contributed by atoms with Crippen LogP contribution in [0.25, 0.3) is 0 Å². The lowest BCUT2D eigenvalue weighted by atomic mass is 9.96. The van der Waals surface area contributed by atoms with Crippen molar-refractivity contribution in [1.29, 1.82) is 0 Å². The fraction of sp³-hybridized carbons (Fsp3) is 0.381. The summed E-state index contributed by atoms with van der Waals surface area (Å²) in [6.45, 7) is 3.21. The third-order valence-electron chi connectivity index (χ3n) is 5.08. The quantitative estimate of drug-likeness (QED) is 0.674. The molecule has 1 aliphatic rings. The van der Waals surface area contributed by atoms with Gasteiger partial charge >= 0.3 is 12.2 Å².